The summed E-state index contributed by atoms with van der Waals surface area (Å²) in [5.74, 6) is -2.13. The molecular weight excluding hydrogens is 324 g/mol. The number of carbonyl (C=O) groups excluding carboxylic acids is 1. The van der Waals surface area contributed by atoms with Gasteiger partial charge in [0, 0.05) is 37.1 Å². The zero-order chi connectivity index (χ0) is 18.4. The second-order valence-corrected chi connectivity index (χ2v) is 6.20. The molecule has 0 spiro atoms. The largest absolute Gasteiger partial charge is 0.378 e. The van der Waals surface area contributed by atoms with Gasteiger partial charge in [-0.25, -0.2) is 8.78 Å². The zero-order valence-corrected chi connectivity index (χ0v) is 14.8. The number of amides is 1. The Balaban J connectivity index is 1.93. The highest BCUT2D eigenvalue weighted by Crippen LogP contribution is 2.13. The average Bonchev–Trinajstić information content (AvgIpc) is 2.58. The van der Waals surface area contributed by atoms with Gasteiger partial charge in [-0.05, 0) is 31.2 Å². The fourth-order valence-corrected chi connectivity index (χ4v) is 2.52. The van der Waals surface area contributed by atoms with Crippen LogP contribution in [0.4, 0.5) is 20.2 Å². The molecule has 0 saturated carbocycles. The van der Waals surface area contributed by atoms with Crippen LogP contribution in [-0.4, -0.2) is 33.1 Å². The summed E-state index contributed by atoms with van der Waals surface area (Å²) in [4.78, 5) is 15.3. The SMILES string of the molecule is CC[NH+](CC(=O)Nc1ccc(F)c(F)c1)Cc1ccc(N(C)C)cc1. The monoisotopic (exact) mass is 348 g/mol. The molecule has 1 unspecified atom stereocenters. The maximum atomic E-state index is 13.2. The molecule has 0 aliphatic heterocycles. The lowest BCUT2D eigenvalue weighted by molar-refractivity contribution is -0.903. The number of anilines is 2. The fourth-order valence-electron chi connectivity index (χ4n) is 2.52. The summed E-state index contributed by atoms with van der Waals surface area (Å²) in [6.07, 6.45) is 0. The van der Waals surface area contributed by atoms with Crippen LogP contribution >= 0.6 is 0 Å². The van der Waals surface area contributed by atoms with E-state index in [1.165, 1.54) is 6.07 Å². The standard InChI is InChI=1S/C19H23F2N3O/c1-4-24(12-14-5-8-16(9-6-14)23(2)3)13-19(25)22-15-7-10-17(20)18(21)11-15/h5-11H,4,12-13H2,1-3H3,(H,22,25)/p+1. The van der Waals surface area contributed by atoms with Gasteiger partial charge in [-0.2, -0.15) is 0 Å². The molecule has 0 fully saturated rings. The molecule has 0 aliphatic carbocycles. The third-order valence-corrected chi connectivity index (χ3v) is 4.02. The number of likely N-dealkylation sites (N-methyl/N-ethyl adjacent to an activating group) is 1. The van der Waals surface area contributed by atoms with Crippen LogP contribution in [0.5, 0.6) is 0 Å². The molecule has 0 bridgehead atoms. The number of hydrogen-bond donors (Lipinski definition) is 2. The first kappa shape index (κ1) is 18.9. The summed E-state index contributed by atoms with van der Waals surface area (Å²) in [5.41, 5.74) is 2.52. The predicted octanol–water partition coefficient (Wildman–Crippen LogP) is 2.07. The molecule has 0 aliphatic rings. The van der Waals surface area contributed by atoms with E-state index in [2.05, 4.69) is 17.4 Å². The van der Waals surface area contributed by atoms with Gasteiger partial charge in [0.15, 0.2) is 18.2 Å². The maximum absolute atomic E-state index is 13.2. The molecule has 6 heteroatoms. The summed E-state index contributed by atoms with van der Waals surface area (Å²) in [7, 11) is 3.97. The van der Waals surface area contributed by atoms with Gasteiger partial charge in [-0.1, -0.05) is 12.1 Å². The van der Waals surface area contributed by atoms with Crippen LogP contribution in [0, 0.1) is 11.6 Å². The second kappa shape index (κ2) is 8.58. The molecule has 2 N–H and O–H groups in total. The van der Waals surface area contributed by atoms with Crippen LogP contribution in [0.25, 0.3) is 0 Å². The van der Waals surface area contributed by atoms with E-state index >= 15 is 0 Å². The Morgan fingerprint density at radius 3 is 2.32 bits per heavy atom. The molecule has 4 nitrogen and oxygen atoms in total. The van der Waals surface area contributed by atoms with Crippen molar-refractivity contribution in [2.45, 2.75) is 13.5 Å². The lowest BCUT2D eigenvalue weighted by Gasteiger charge is -2.18. The fraction of sp³-hybridized carbons (Fsp3) is 0.316. The van der Waals surface area contributed by atoms with Gasteiger partial charge in [0.25, 0.3) is 5.91 Å². The van der Waals surface area contributed by atoms with Crippen LogP contribution in [0.15, 0.2) is 42.5 Å². The second-order valence-electron chi connectivity index (χ2n) is 6.20. The molecular formula is C19H24F2N3O+. The lowest BCUT2D eigenvalue weighted by atomic mass is 10.2. The number of halogens is 2. The smallest absolute Gasteiger partial charge is 0.279 e. The average molecular weight is 348 g/mol. The Labute approximate surface area is 147 Å². The minimum atomic E-state index is -0.974. The summed E-state index contributed by atoms with van der Waals surface area (Å²) in [5, 5.41) is 2.61. The molecule has 2 rings (SSSR count). The van der Waals surface area contributed by atoms with Crippen molar-refractivity contribution in [2.75, 3.05) is 37.4 Å². The molecule has 0 aromatic heterocycles. The Kier molecular flexibility index (Phi) is 6.47. The first-order chi connectivity index (χ1) is 11.9. The molecule has 2 aromatic carbocycles. The van der Waals surface area contributed by atoms with E-state index in [-0.39, 0.29) is 18.1 Å². The number of nitrogens with one attached hydrogen (secondary N) is 2. The minimum absolute atomic E-state index is 0.229. The summed E-state index contributed by atoms with van der Waals surface area (Å²) in [6.45, 7) is 3.76. The van der Waals surface area contributed by atoms with E-state index in [4.69, 9.17) is 0 Å². The molecule has 0 radical (unpaired) electrons. The molecule has 2 aromatic rings. The molecule has 25 heavy (non-hydrogen) atoms. The molecule has 1 amide bonds. The number of benzene rings is 2. The van der Waals surface area contributed by atoms with Crippen molar-refractivity contribution in [3.05, 3.63) is 59.7 Å². The number of rotatable bonds is 7. The highest BCUT2D eigenvalue weighted by Gasteiger charge is 2.14. The van der Waals surface area contributed by atoms with E-state index in [9.17, 15) is 13.6 Å². The first-order valence-electron chi connectivity index (χ1n) is 8.23. The van der Waals surface area contributed by atoms with Gasteiger partial charge >= 0.3 is 0 Å². The van der Waals surface area contributed by atoms with Crippen LogP contribution in [-0.2, 0) is 11.3 Å². The normalized spacial score (nSPS) is 11.9. The van der Waals surface area contributed by atoms with Crippen molar-refractivity contribution in [1.29, 1.82) is 0 Å². The molecule has 0 heterocycles. The van der Waals surface area contributed by atoms with Crippen molar-refractivity contribution in [3.63, 3.8) is 0 Å². The highest BCUT2D eigenvalue weighted by molar-refractivity contribution is 5.91. The summed E-state index contributed by atoms with van der Waals surface area (Å²) < 4.78 is 26.1. The van der Waals surface area contributed by atoms with Crippen LogP contribution < -0.4 is 15.1 Å². The van der Waals surface area contributed by atoms with Crippen molar-refractivity contribution in [2.24, 2.45) is 0 Å². The third-order valence-electron chi connectivity index (χ3n) is 4.02. The van der Waals surface area contributed by atoms with E-state index in [1.54, 1.807) is 0 Å². The number of quaternary nitrogens is 1. The van der Waals surface area contributed by atoms with Gasteiger partial charge in [0.1, 0.15) is 6.54 Å². The first-order valence-corrected chi connectivity index (χ1v) is 8.23. The number of carbonyl (C=O) groups is 1. The van der Waals surface area contributed by atoms with Crippen LogP contribution in [0.1, 0.15) is 12.5 Å². The van der Waals surface area contributed by atoms with E-state index in [1.807, 2.05) is 38.1 Å². The van der Waals surface area contributed by atoms with E-state index in [0.717, 1.165) is 41.4 Å². The lowest BCUT2D eigenvalue weighted by Crippen LogP contribution is -3.11. The Morgan fingerprint density at radius 2 is 1.76 bits per heavy atom. The predicted molar refractivity (Wildman–Crippen MR) is 95.8 cm³/mol. The number of nitrogens with zero attached hydrogens (tertiary/aromatic N) is 1. The van der Waals surface area contributed by atoms with Crippen LogP contribution in [0.3, 0.4) is 0 Å². The number of hydrogen-bond acceptors (Lipinski definition) is 2. The summed E-state index contributed by atoms with van der Waals surface area (Å²) >= 11 is 0. The van der Waals surface area contributed by atoms with Crippen molar-refractivity contribution in [1.82, 2.24) is 0 Å². The van der Waals surface area contributed by atoms with Crippen molar-refractivity contribution < 1.29 is 18.5 Å². The molecule has 0 saturated heterocycles. The van der Waals surface area contributed by atoms with Gasteiger partial charge in [0.2, 0.25) is 0 Å². The van der Waals surface area contributed by atoms with E-state index < -0.39 is 11.6 Å². The Morgan fingerprint density at radius 1 is 1.08 bits per heavy atom. The van der Waals surface area contributed by atoms with Crippen molar-refractivity contribution in [3.8, 4) is 0 Å². The van der Waals surface area contributed by atoms with Gasteiger partial charge in [0.05, 0.1) is 6.54 Å². The summed E-state index contributed by atoms with van der Waals surface area (Å²) in [6, 6.07) is 11.5. The van der Waals surface area contributed by atoms with Crippen LogP contribution in [0.2, 0.25) is 0 Å². The maximum Gasteiger partial charge on any atom is 0.279 e. The Bertz CT molecular complexity index is 717. The molecule has 134 valence electrons. The highest BCUT2D eigenvalue weighted by atomic mass is 19.2. The van der Waals surface area contributed by atoms with Gasteiger partial charge in [-0.3, -0.25) is 4.79 Å². The Hall–Kier alpha value is -2.47. The molecule has 1 atom stereocenters. The minimum Gasteiger partial charge on any atom is -0.378 e. The third kappa shape index (κ3) is 5.53. The van der Waals surface area contributed by atoms with Crippen molar-refractivity contribution >= 4 is 17.3 Å². The van der Waals surface area contributed by atoms with Gasteiger partial charge in [-0.15, -0.1) is 0 Å². The van der Waals surface area contributed by atoms with Gasteiger partial charge < -0.3 is 15.1 Å². The topological polar surface area (TPSA) is 36.8 Å². The zero-order valence-electron chi connectivity index (χ0n) is 14.8. The quantitative estimate of drug-likeness (QED) is 0.804. The van der Waals surface area contributed by atoms with E-state index in [0.29, 0.717) is 0 Å².